The van der Waals surface area contributed by atoms with Gasteiger partial charge >= 0.3 is 0 Å². The fourth-order valence-corrected chi connectivity index (χ4v) is 5.36. The first-order chi connectivity index (χ1) is 10.9. The monoisotopic (exact) mass is 430 g/mol. The van der Waals surface area contributed by atoms with E-state index in [4.69, 9.17) is 11.6 Å². The van der Waals surface area contributed by atoms with Crippen molar-refractivity contribution in [2.75, 3.05) is 7.05 Å². The molecule has 0 unspecified atom stereocenters. The van der Waals surface area contributed by atoms with Crippen molar-refractivity contribution in [3.05, 3.63) is 57.0 Å². The number of benzene rings is 2. The van der Waals surface area contributed by atoms with Gasteiger partial charge < -0.3 is 0 Å². The molecular weight excluding hydrogens is 420 g/mol. The number of sulfonamides is 1. The minimum Gasteiger partial charge on any atom is -0.240 e. The topological polar surface area (TPSA) is 50.3 Å². The molecule has 1 aromatic heterocycles. The summed E-state index contributed by atoms with van der Waals surface area (Å²) in [6.45, 7) is 0.202. The number of nitrogens with zero attached hydrogens (tertiary/aromatic N) is 2. The number of fused-ring (bicyclic) bond motifs is 1. The van der Waals surface area contributed by atoms with Crippen LogP contribution < -0.4 is 0 Å². The molecule has 8 heteroatoms. The minimum atomic E-state index is -3.67. The second-order valence-corrected chi connectivity index (χ2v) is 9.36. The molecule has 0 aliphatic rings. The normalized spacial score (nSPS) is 12.2. The summed E-state index contributed by atoms with van der Waals surface area (Å²) >= 11 is 10.8. The Balaban J connectivity index is 1.90. The molecule has 0 N–H and O–H groups in total. The maximum absolute atomic E-state index is 12.7. The Morgan fingerprint density at radius 2 is 2.00 bits per heavy atom. The SMILES string of the molecule is CN(Cc1nc2ccccc2s1)S(=O)(=O)c1ccc(Br)cc1Cl. The summed E-state index contributed by atoms with van der Waals surface area (Å²) in [5, 5.41) is 0.932. The molecule has 0 amide bonds. The third-order valence-electron chi connectivity index (χ3n) is 3.28. The van der Waals surface area contributed by atoms with Gasteiger partial charge in [0.25, 0.3) is 0 Å². The van der Waals surface area contributed by atoms with Crippen LogP contribution >= 0.6 is 38.9 Å². The third kappa shape index (κ3) is 3.44. The summed E-state index contributed by atoms with van der Waals surface area (Å²) < 4.78 is 28.4. The first-order valence-electron chi connectivity index (χ1n) is 6.64. The van der Waals surface area contributed by atoms with Crippen LogP contribution in [0.1, 0.15) is 5.01 Å². The van der Waals surface area contributed by atoms with E-state index in [0.29, 0.717) is 0 Å². The number of rotatable bonds is 4. The van der Waals surface area contributed by atoms with Crippen LogP contribution in [-0.2, 0) is 16.6 Å². The molecule has 2 aromatic carbocycles. The third-order valence-corrected chi connectivity index (χ3v) is 7.08. The molecule has 0 radical (unpaired) electrons. The maximum Gasteiger partial charge on any atom is 0.244 e. The zero-order chi connectivity index (χ0) is 16.6. The van der Waals surface area contributed by atoms with Gasteiger partial charge in [0.2, 0.25) is 10.0 Å². The first kappa shape index (κ1) is 16.9. The van der Waals surface area contributed by atoms with Crippen molar-refractivity contribution in [3.63, 3.8) is 0 Å². The number of aromatic nitrogens is 1. The largest absolute Gasteiger partial charge is 0.244 e. The molecule has 3 aromatic rings. The summed E-state index contributed by atoms with van der Waals surface area (Å²) in [6.07, 6.45) is 0. The van der Waals surface area contributed by atoms with E-state index in [-0.39, 0.29) is 16.5 Å². The van der Waals surface area contributed by atoms with Crippen LogP contribution in [0.5, 0.6) is 0 Å². The lowest BCUT2D eigenvalue weighted by Gasteiger charge is -2.16. The highest BCUT2D eigenvalue weighted by molar-refractivity contribution is 9.10. The van der Waals surface area contributed by atoms with Crippen LogP contribution in [0.4, 0.5) is 0 Å². The molecule has 0 saturated heterocycles. The zero-order valence-electron chi connectivity index (χ0n) is 12.0. The highest BCUT2D eigenvalue weighted by Crippen LogP contribution is 2.29. The minimum absolute atomic E-state index is 0.0889. The summed E-state index contributed by atoms with van der Waals surface area (Å²) in [6, 6.07) is 12.5. The summed E-state index contributed by atoms with van der Waals surface area (Å²) in [7, 11) is -2.15. The maximum atomic E-state index is 12.7. The Morgan fingerprint density at radius 3 is 2.70 bits per heavy atom. The van der Waals surface area contributed by atoms with Crippen LogP contribution in [0.15, 0.2) is 51.8 Å². The van der Waals surface area contributed by atoms with Crippen LogP contribution in [0.25, 0.3) is 10.2 Å². The number of hydrogen-bond acceptors (Lipinski definition) is 4. The highest BCUT2D eigenvalue weighted by Gasteiger charge is 2.24. The molecule has 23 heavy (non-hydrogen) atoms. The molecule has 0 fully saturated rings. The molecule has 0 bridgehead atoms. The summed E-state index contributed by atoms with van der Waals surface area (Å²) in [4.78, 5) is 4.56. The van der Waals surface area contributed by atoms with E-state index < -0.39 is 10.0 Å². The first-order valence-corrected chi connectivity index (χ1v) is 10.1. The molecule has 1 heterocycles. The second kappa shape index (κ2) is 6.49. The van der Waals surface area contributed by atoms with Gasteiger partial charge in [0, 0.05) is 11.5 Å². The van der Waals surface area contributed by atoms with E-state index in [2.05, 4.69) is 20.9 Å². The lowest BCUT2D eigenvalue weighted by molar-refractivity contribution is 0.466. The fraction of sp³-hybridized carbons (Fsp3) is 0.133. The van der Waals surface area contributed by atoms with Crippen LogP contribution in [0.2, 0.25) is 5.02 Å². The van der Waals surface area contributed by atoms with Gasteiger partial charge in [-0.1, -0.05) is 39.7 Å². The van der Waals surface area contributed by atoms with Gasteiger partial charge in [0.1, 0.15) is 9.90 Å². The molecule has 0 atom stereocenters. The predicted octanol–water partition coefficient (Wildman–Crippen LogP) is 4.53. The summed E-state index contributed by atoms with van der Waals surface area (Å²) in [5.74, 6) is 0. The molecule has 3 rings (SSSR count). The van der Waals surface area contributed by atoms with Crippen LogP contribution in [-0.4, -0.2) is 24.8 Å². The highest BCUT2D eigenvalue weighted by atomic mass is 79.9. The van der Waals surface area contributed by atoms with Gasteiger partial charge in [0.05, 0.1) is 21.8 Å². The van der Waals surface area contributed by atoms with Gasteiger partial charge in [-0.25, -0.2) is 13.4 Å². The molecule has 0 saturated carbocycles. The van der Waals surface area contributed by atoms with Crippen molar-refractivity contribution in [3.8, 4) is 0 Å². The van der Waals surface area contributed by atoms with Crippen molar-refractivity contribution >= 4 is 59.1 Å². The number of hydrogen-bond donors (Lipinski definition) is 0. The van der Waals surface area contributed by atoms with E-state index in [1.165, 1.54) is 28.8 Å². The zero-order valence-corrected chi connectivity index (χ0v) is 16.0. The average molecular weight is 432 g/mol. The van der Waals surface area contributed by atoms with Crippen molar-refractivity contribution < 1.29 is 8.42 Å². The van der Waals surface area contributed by atoms with Gasteiger partial charge in [-0.2, -0.15) is 4.31 Å². The second-order valence-electron chi connectivity index (χ2n) is 4.91. The molecule has 0 spiro atoms. The van der Waals surface area contributed by atoms with Gasteiger partial charge in [-0.15, -0.1) is 11.3 Å². The number of thiazole rings is 1. The summed E-state index contributed by atoms with van der Waals surface area (Å²) in [5.41, 5.74) is 0.875. The van der Waals surface area contributed by atoms with Gasteiger partial charge in [0.15, 0.2) is 0 Å². The van der Waals surface area contributed by atoms with Crippen molar-refractivity contribution in [1.29, 1.82) is 0 Å². The predicted molar refractivity (Wildman–Crippen MR) is 97.4 cm³/mol. The Bertz CT molecular complexity index is 940. The van der Waals surface area contributed by atoms with E-state index in [1.807, 2.05) is 24.3 Å². The molecule has 0 aliphatic carbocycles. The lowest BCUT2D eigenvalue weighted by Crippen LogP contribution is -2.26. The van der Waals surface area contributed by atoms with Crippen molar-refractivity contribution in [1.82, 2.24) is 9.29 Å². The average Bonchev–Trinajstić information content (AvgIpc) is 2.88. The number of para-hydroxylation sites is 1. The van der Waals surface area contributed by atoms with Crippen molar-refractivity contribution in [2.45, 2.75) is 11.4 Å². The Hall–Kier alpha value is -0.990. The van der Waals surface area contributed by atoms with Crippen LogP contribution in [0, 0.1) is 0 Å². The van der Waals surface area contributed by atoms with Gasteiger partial charge in [-0.05, 0) is 30.3 Å². The lowest BCUT2D eigenvalue weighted by atomic mass is 10.3. The molecule has 0 aliphatic heterocycles. The van der Waals surface area contributed by atoms with E-state index in [0.717, 1.165) is 19.7 Å². The van der Waals surface area contributed by atoms with Crippen LogP contribution in [0.3, 0.4) is 0 Å². The van der Waals surface area contributed by atoms with E-state index in [1.54, 1.807) is 12.1 Å². The van der Waals surface area contributed by atoms with E-state index in [9.17, 15) is 8.42 Å². The van der Waals surface area contributed by atoms with E-state index >= 15 is 0 Å². The standard InChI is InChI=1S/C15H12BrClN2O2S2/c1-19(9-15-18-12-4-2-3-5-13(12)22-15)23(20,21)14-7-6-10(16)8-11(14)17/h2-8H,9H2,1H3. The van der Waals surface area contributed by atoms with Crippen molar-refractivity contribution in [2.24, 2.45) is 0 Å². The van der Waals surface area contributed by atoms with Gasteiger partial charge in [-0.3, -0.25) is 0 Å². The molecule has 120 valence electrons. The Morgan fingerprint density at radius 1 is 1.26 bits per heavy atom. The Labute approximate surface area is 151 Å². The quantitative estimate of drug-likeness (QED) is 0.609. The fourth-order valence-electron chi connectivity index (χ4n) is 2.12. The smallest absolute Gasteiger partial charge is 0.240 e. The molecule has 4 nitrogen and oxygen atoms in total. The number of halogens is 2. The molecular formula is C15H12BrClN2O2S2. The Kier molecular flexibility index (Phi) is 4.75.